The van der Waals surface area contributed by atoms with Gasteiger partial charge in [-0.25, -0.2) is 0 Å². The molecule has 3 fully saturated rings. The van der Waals surface area contributed by atoms with E-state index in [1.165, 1.54) is 0 Å². The summed E-state index contributed by atoms with van der Waals surface area (Å²) in [5.74, 6) is 0.280. The predicted octanol–water partition coefficient (Wildman–Crippen LogP) is 2.96. The Labute approximate surface area is 199 Å². The van der Waals surface area contributed by atoms with Gasteiger partial charge < -0.3 is 15.0 Å². The van der Waals surface area contributed by atoms with E-state index in [2.05, 4.69) is 14.9 Å². The maximum absolute atomic E-state index is 13.1. The third kappa shape index (κ3) is 4.68. The van der Waals surface area contributed by atoms with Crippen molar-refractivity contribution in [2.24, 2.45) is 0 Å². The summed E-state index contributed by atoms with van der Waals surface area (Å²) in [5, 5.41) is 9.14. The molecule has 4 heterocycles. The van der Waals surface area contributed by atoms with Crippen molar-refractivity contribution in [1.82, 2.24) is 24.9 Å². The maximum Gasteiger partial charge on any atom is 0.261 e. The molecule has 5 rings (SSSR count). The van der Waals surface area contributed by atoms with E-state index in [1.807, 2.05) is 24.8 Å². The van der Waals surface area contributed by atoms with Crippen molar-refractivity contribution < 1.29 is 14.3 Å². The number of hydrogen-bond acceptors (Lipinski definition) is 6. The Kier molecular flexibility index (Phi) is 6.72. The highest BCUT2D eigenvalue weighted by Crippen LogP contribution is 2.33. The van der Waals surface area contributed by atoms with Crippen LogP contribution in [0.2, 0.25) is 0 Å². The van der Waals surface area contributed by atoms with Crippen LogP contribution in [0.3, 0.4) is 0 Å². The van der Waals surface area contributed by atoms with E-state index < -0.39 is 0 Å². The number of aromatic nitrogens is 2. The van der Waals surface area contributed by atoms with Crippen molar-refractivity contribution in [3.05, 3.63) is 16.6 Å². The Balaban J connectivity index is 1.18. The number of piperazine rings is 1. The van der Waals surface area contributed by atoms with Gasteiger partial charge in [0.1, 0.15) is 4.83 Å². The number of amides is 2. The minimum atomic E-state index is 0.0318. The molecule has 1 saturated carbocycles. The first-order valence-electron chi connectivity index (χ1n) is 12.4. The van der Waals surface area contributed by atoms with Crippen LogP contribution in [0, 0.1) is 6.92 Å². The Hall–Kier alpha value is -1.97. The molecule has 8 nitrogen and oxygen atoms in total. The topological polar surface area (TPSA) is 79.7 Å². The second-order valence-corrected chi connectivity index (χ2v) is 10.7. The van der Waals surface area contributed by atoms with Gasteiger partial charge in [0.2, 0.25) is 5.91 Å². The van der Waals surface area contributed by atoms with Crippen molar-refractivity contribution in [2.75, 3.05) is 39.4 Å². The number of fused-ring (bicyclic) bond motifs is 1. The number of thiophene rings is 1. The molecule has 2 amide bonds. The summed E-state index contributed by atoms with van der Waals surface area (Å²) in [7, 11) is 0. The molecule has 0 bridgehead atoms. The summed E-state index contributed by atoms with van der Waals surface area (Å²) in [5.41, 5.74) is 0.991. The summed E-state index contributed by atoms with van der Waals surface area (Å²) < 4.78 is 7.63. The lowest BCUT2D eigenvalue weighted by Gasteiger charge is -2.41. The maximum atomic E-state index is 13.1. The molecule has 0 radical (unpaired) electrons. The number of likely N-dealkylation sites (N-methyl/N-ethyl adjacent to an activating group) is 1. The van der Waals surface area contributed by atoms with Crippen molar-refractivity contribution in [3.8, 4) is 0 Å². The monoisotopic (exact) mass is 473 g/mol. The van der Waals surface area contributed by atoms with Gasteiger partial charge in [-0.05, 0) is 58.4 Å². The molecule has 0 aromatic carbocycles. The molecule has 9 heteroatoms. The van der Waals surface area contributed by atoms with E-state index in [0.717, 1.165) is 92.2 Å². The smallest absolute Gasteiger partial charge is 0.261 e. The van der Waals surface area contributed by atoms with Crippen LogP contribution in [-0.4, -0.2) is 82.9 Å². The van der Waals surface area contributed by atoms with Crippen LogP contribution >= 0.6 is 11.3 Å². The van der Waals surface area contributed by atoms with Crippen LogP contribution in [0.1, 0.15) is 66.9 Å². The number of carbonyl (C=O) groups excluding carboxylic acids is 2. The highest BCUT2D eigenvalue weighted by atomic mass is 32.1. The van der Waals surface area contributed by atoms with E-state index in [1.54, 1.807) is 11.3 Å². The number of nitrogens with zero attached hydrogens (tertiary/aromatic N) is 4. The van der Waals surface area contributed by atoms with Gasteiger partial charge in [-0.2, -0.15) is 5.10 Å². The van der Waals surface area contributed by atoms with Gasteiger partial charge in [0, 0.05) is 50.3 Å². The summed E-state index contributed by atoms with van der Waals surface area (Å²) in [6, 6.07) is 3.03. The molecular weight excluding hydrogens is 438 g/mol. The quantitative estimate of drug-likeness (QED) is 0.722. The van der Waals surface area contributed by atoms with Gasteiger partial charge in [-0.1, -0.05) is 0 Å². The molecule has 2 aromatic rings. The molecular formula is C24H35N5O3S. The van der Waals surface area contributed by atoms with Crippen molar-refractivity contribution in [1.29, 1.82) is 0 Å². The minimum Gasteiger partial charge on any atom is -0.381 e. The highest BCUT2D eigenvalue weighted by molar-refractivity contribution is 7.20. The van der Waals surface area contributed by atoms with Crippen LogP contribution in [0.15, 0.2) is 6.07 Å². The third-order valence-electron chi connectivity index (χ3n) is 7.61. The molecule has 1 aliphatic carbocycles. The lowest BCUT2D eigenvalue weighted by molar-refractivity contribution is -0.137. The highest BCUT2D eigenvalue weighted by Gasteiger charge is 2.32. The lowest BCUT2D eigenvalue weighted by Crippen LogP contribution is -2.54. The van der Waals surface area contributed by atoms with Crippen molar-refractivity contribution in [2.45, 2.75) is 70.5 Å². The average molecular weight is 474 g/mol. The zero-order valence-corrected chi connectivity index (χ0v) is 20.5. The molecule has 3 aliphatic rings. The number of aryl methyl sites for hydroxylation is 1. The fraction of sp³-hybridized carbons (Fsp3) is 0.708. The number of hydrogen-bond donors (Lipinski definition) is 1. The Bertz CT molecular complexity index is 1000. The van der Waals surface area contributed by atoms with Gasteiger partial charge in [-0.3, -0.25) is 19.2 Å². The van der Waals surface area contributed by atoms with Crippen LogP contribution in [0.25, 0.3) is 10.2 Å². The van der Waals surface area contributed by atoms with E-state index in [0.29, 0.717) is 18.6 Å². The van der Waals surface area contributed by atoms with E-state index in [9.17, 15) is 9.59 Å². The average Bonchev–Trinajstić information content (AvgIpc) is 3.41. The second-order valence-electron chi connectivity index (χ2n) is 9.63. The van der Waals surface area contributed by atoms with Gasteiger partial charge >= 0.3 is 0 Å². The van der Waals surface area contributed by atoms with Crippen molar-refractivity contribution >= 4 is 33.4 Å². The summed E-state index contributed by atoms with van der Waals surface area (Å²) in [4.78, 5) is 31.5. The number of carbonyl (C=O) groups is 2. The van der Waals surface area contributed by atoms with Crippen LogP contribution < -0.4 is 5.32 Å². The molecule has 1 N–H and O–H groups in total. The third-order valence-corrected chi connectivity index (χ3v) is 8.73. The van der Waals surface area contributed by atoms with E-state index in [-0.39, 0.29) is 17.9 Å². The number of ether oxygens (including phenoxy) is 1. The van der Waals surface area contributed by atoms with Crippen LogP contribution in [-0.2, 0) is 9.53 Å². The number of rotatable bonds is 5. The first kappa shape index (κ1) is 22.8. The molecule has 0 unspecified atom stereocenters. The predicted molar refractivity (Wildman–Crippen MR) is 129 cm³/mol. The Morgan fingerprint density at radius 3 is 2.61 bits per heavy atom. The Morgan fingerprint density at radius 1 is 1.15 bits per heavy atom. The van der Waals surface area contributed by atoms with Crippen LogP contribution in [0.5, 0.6) is 0 Å². The van der Waals surface area contributed by atoms with E-state index in [4.69, 9.17) is 9.84 Å². The van der Waals surface area contributed by atoms with Gasteiger partial charge in [0.05, 0.1) is 23.2 Å². The molecule has 180 valence electrons. The zero-order valence-electron chi connectivity index (χ0n) is 19.7. The molecule has 2 aliphatic heterocycles. The van der Waals surface area contributed by atoms with Crippen molar-refractivity contribution in [3.63, 3.8) is 0 Å². The zero-order chi connectivity index (χ0) is 22.9. The SMILES string of the molecule is CCN1CCN([C@H]2CC[C@@H](NC(=O)c3cc4c(C)nn(C5CCOCC5)c4s3)CC2)CC1=O. The summed E-state index contributed by atoms with van der Waals surface area (Å²) in [6.45, 7) is 8.76. The largest absolute Gasteiger partial charge is 0.381 e. The van der Waals surface area contributed by atoms with E-state index >= 15 is 0 Å². The summed E-state index contributed by atoms with van der Waals surface area (Å²) in [6.07, 6.45) is 5.95. The fourth-order valence-electron chi connectivity index (χ4n) is 5.58. The lowest BCUT2D eigenvalue weighted by atomic mass is 9.89. The van der Waals surface area contributed by atoms with Crippen LogP contribution in [0.4, 0.5) is 0 Å². The minimum absolute atomic E-state index is 0.0318. The fourth-order valence-corrected chi connectivity index (χ4v) is 6.71. The van der Waals surface area contributed by atoms with Gasteiger partial charge in [-0.15, -0.1) is 11.3 Å². The first-order valence-corrected chi connectivity index (χ1v) is 13.2. The molecule has 0 spiro atoms. The summed E-state index contributed by atoms with van der Waals surface area (Å²) >= 11 is 1.56. The Morgan fingerprint density at radius 2 is 1.91 bits per heavy atom. The first-order chi connectivity index (χ1) is 16.0. The second kappa shape index (κ2) is 9.72. The molecule has 0 atom stereocenters. The number of nitrogens with one attached hydrogen (secondary N) is 1. The standard InChI is InChI=1S/C24H35N5O3S/c1-3-27-10-11-28(15-22(27)30)18-6-4-17(5-7-18)25-23(31)21-14-20-16(2)26-29(24(20)33-21)19-8-12-32-13-9-19/h14,17-19H,3-13,15H2,1-2H3,(H,25,31)/t17-,18+. The van der Waals surface area contributed by atoms with Gasteiger partial charge in [0.15, 0.2) is 0 Å². The van der Waals surface area contributed by atoms with Gasteiger partial charge in [0.25, 0.3) is 5.91 Å². The molecule has 2 saturated heterocycles. The normalized spacial score (nSPS) is 25.6. The molecule has 33 heavy (non-hydrogen) atoms. The molecule has 2 aromatic heterocycles.